The van der Waals surface area contributed by atoms with Gasteiger partial charge in [-0.05, 0) is 63.2 Å². The number of cyclic esters (lactones) is 1. The maximum Gasteiger partial charge on any atom is 0.415 e. The van der Waals surface area contributed by atoms with Gasteiger partial charge in [-0.25, -0.2) is 9.18 Å². The van der Waals surface area contributed by atoms with Crippen molar-refractivity contribution in [3.63, 3.8) is 0 Å². The second-order valence-electron chi connectivity index (χ2n) is 7.38. The minimum atomic E-state index is -0.508. The molecule has 0 spiro atoms. The molecule has 0 radical (unpaired) electrons. The predicted octanol–water partition coefficient (Wildman–Crippen LogP) is 3.18. The van der Waals surface area contributed by atoms with E-state index in [9.17, 15) is 9.18 Å². The lowest BCUT2D eigenvalue weighted by Gasteiger charge is -2.38. The number of rotatable bonds is 4. The van der Waals surface area contributed by atoms with Crippen LogP contribution in [0.15, 0.2) is 36.5 Å². The molecule has 2 aliphatic heterocycles. The molecule has 0 unspecified atom stereocenters. The number of nitrogens with zero attached hydrogens (tertiary/aromatic N) is 3. The Kier molecular flexibility index (Phi) is 4.40. The molecule has 4 rings (SSSR count). The van der Waals surface area contributed by atoms with Crippen LogP contribution >= 0.6 is 0 Å². The summed E-state index contributed by atoms with van der Waals surface area (Å²) in [5.74, 6) is 0.00336. The van der Waals surface area contributed by atoms with Crippen LogP contribution in [0, 0.1) is 11.7 Å². The number of nitrogens with one attached hydrogen (secondary N) is 1. The summed E-state index contributed by atoms with van der Waals surface area (Å²) in [5, 5.41) is 6.99. The second-order valence-corrected chi connectivity index (χ2v) is 7.38. The van der Waals surface area contributed by atoms with E-state index in [4.69, 9.17) is 4.74 Å². The van der Waals surface area contributed by atoms with E-state index in [0.717, 1.165) is 38.2 Å². The average molecular weight is 358 g/mol. The Bertz CT molecular complexity index is 756. The van der Waals surface area contributed by atoms with Gasteiger partial charge in [-0.15, -0.1) is 0 Å². The fourth-order valence-electron chi connectivity index (χ4n) is 4.01. The summed E-state index contributed by atoms with van der Waals surface area (Å²) in [6.45, 7) is 5.32. The van der Waals surface area contributed by atoms with E-state index in [1.165, 1.54) is 12.1 Å². The molecule has 2 aliphatic rings. The van der Waals surface area contributed by atoms with Gasteiger partial charge >= 0.3 is 6.09 Å². The number of likely N-dealkylation sites (tertiary alicyclic amines) is 1. The summed E-state index contributed by atoms with van der Waals surface area (Å²) in [6.07, 6.45) is 3.38. The topological polar surface area (TPSA) is 61.5 Å². The summed E-state index contributed by atoms with van der Waals surface area (Å²) in [4.78, 5) is 16.4. The highest BCUT2D eigenvalue weighted by molar-refractivity contribution is 5.90. The smallest absolute Gasteiger partial charge is 0.415 e. The zero-order chi connectivity index (χ0) is 18.1. The Hall–Kier alpha value is -2.41. The standard InChI is InChI=1S/C19H23FN4O2/c1-19(13-24(18(25)26-19)17-4-2-15(20)3-5-17)14-7-10-23(11-8-14)12-16-6-9-21-22-16/h2-6,9,14H,7-8,10-13H2,1H3,(H,21,22)/t19-/m1/s1. The van der Waals surface area contributed by atoms with Gasteiger partial charge in [-0.3, -0.25) is 14.9 Å². The molecule has 0 bridgehead atoms. The highest BCUT2D eigenvalue weighted by atomic mass is 19.1. The highest BCUT2D eigenvalue weighted by Gasteiger charge is 2.48. The number of benzene rings is 1. The molecule has 3 heterocycles. The second kappa shape index (κ2) is 6.72. The van der Waals surface area contributed by atoms with Gasteiger partial charge in [0.1, 0.15) is 11.4 Å². The molecular weight excluding hydrogens is 335 g/mol. The molecule has 0 aliphatic carbocycles. The number of piperidine rings is 1. The van der Waals surface area contributed by atoms with E-state index in [0.29, 0.717) is 18.2 Å². The van der Waals surface area contributed by atoms with Gasteiger partial charge in [0.15, 0.2) is 0 Å². The summed E-state index contributed by atoms with van der Waals surface area (Å²) in [6, 6.07) is 7.97. The quantitative estimate of drug-likeness (QED) is 0.912. The Labute approximate surface area is 151 Å². The van der Waals surface area contributed by atoms with Crippen molar-refractivity contribution in [2.75, 3.05) is 24.5 Å². The van der Waals surface area contributed by atoms with E-state index < -0.39 is 5.60 Å². The molecule has 2 fully saturated rings. The van der Waals surface area contributed by atoms with Crippen LogP contribution in [-0.4, -0.2) is 46.4 Å². The fourth-order valence-corrected chi connectivity index (χ4v) is 4.01. The number of hydrogen-bond acceptors (Lipinski definition) is 4. The molecule has 1 atom stereocenters. The average Bonchev–Trinajstić information content (AvgIpc) is 3.24. The first kappa shape index (κ1) is 17.0. The lowest BCUT2D eigenvalue weighted by Crippen LogP contribution is -2.45. The zero-order valence-corrected chi connectivity index (χ0v) is 14.8. The molecule has 1 N–H and O–H groups in total. The first-order valence-corrected chi connectivity index (χ1v) is 9.00. The molecule has 138 valence electrons. The van der Waals surface area contributed by atoms with Crippen LogP contribution in [0.2, 0.25) is 0 Å². The van der Waals surface area contributed by atoms with Gasteiger partial charge in [0, 0.05) is 30.0 Å². The van der Waals surface area contributed by atoms with Crippen LogP contribution in [0.25, 0.3) is 0 Å². The van der Waals surface area contributed by atoms with E-state index in [1.807, 2.05) is 13.0 Å². The molecule has 1 aromatic heterocycles. The van der Waals surface area contributed by atoms with Crippen LogP contribution in [0.3, 0.4) is 0 Å². The number of amides is 1. The van der Waals surface area contributed by atoms with E-state index in [2.05, 4.69) is 15.1 Å². The number of halogens is 1. The summed E-state index contributed by atoms with van der Waals surface area (Å²) in [7, 11) is 0. The van der Waals surface area contributed by atoms with Crippen molar-refractivity contribution < 1.29 is 13.9 Å². The predicted molar refractivity (Wildman–Crippen MR) is 95.2 cm³/mol. The SMILES string of the molecule is C[C@]1(C2CCN(Cc3ccn[nH]3)CC2)CN(c2ccc(F)cc2)C(=O)O1. The van der Waals surface area contributed by atoms with E-state index >= 15 is 0 Å². The fraction of sp³-hybridized carbons (Fsp3) is 0.474. The molecule has 1 aromatic carbocycles. The lowest BCUT2D eigenvalue weighted by molar-refractivity contribution is -0.00691. The van der Waals surface area contributed by atoms with Crippen molar-refractivity contribution in [3.8, 4) is 0 Å². The Morgan fingerprint density at radius 1 is 1.27 bits per heavy atom. The first-order valence-electron chi connectivity index (χ1n) is 9.00. The molecule has 6 nitrogen and oxygen atoms in total. The minimum absolute atomic E-state index is 0.311. The first-order chi connectivity index (χ1) is 12.5. The van der Waals surface area contributed by atoms with Crippen molar-refractivity contribution in [2.24, 2.45) is 5.92 Å². The van der Waals surface area contributed by atoms with Gasteiger partial charge in [0.2, 0.25) is 0 Å². The molecule has 0 saturated carbocycles. The van der Waals surface area contributed by atoms with Crippen molar-refractivity contribution in [2.45, 2.75) is 31.9 Å². The molecule has 1 amide bonds. The van der Waals surface area contributed by atoms with Gasteiger partial charge in [-0.2, -0.15) is 5.10 Å². The third-order valence-corrected chi connectivity index (χ3v) is 5.55. The molecule has 2 saturated heterocycles. The highest BCUT2D eigenvalue weighted by Crippen LogP contribution is 2.38. The van der Waals surface area contributed by atoms with Crippen molar-refractivity contribution >= 4 is 11.8 Å². The van der Waals surface area contributed by atoms with Crippen molar-refractivity contribution in [3.05, 3.63) is 48.0 Å². The number of carbonyl (C=O) groups is 1. The van der Waals surface area contributed by atoms with Crippen LogP contribution < -0.4 is 4.90 Å². The molecule has 7 heteroatoms. The van der Waals surface area contributed by atoms with Gasteiger partial charge in [-0.1, -0.05) is 0 Å². The van der Waals surface area contributed by atoms with Crippen molar-refractivity contribution in [1.29, 1.82) is 0 Å². The Morgan fingerprint density at radius 2 is 2.00 bits per heavy atom. The number of anilines is 1. The number of aromatic nitrogens is 2. The monoisotopic (exact) mass is 358 g/mol. The minimum Gasteiger partial charge on any atom is -0.441 e. The summed E-state index contributed by atoms with van der Waals surface area (Å²) in [5.41, 5.74) is 1.28. The van der Waals surface area contributed by atoms with E-state index in [-0.39, 0.29) is 11.9 Å². The normalized spacial score (nSPS) is 24.8. The molecule has 26 heavy (non-hydrogen) atoms. The van der Waals surface area contributed by atoms with E-state index in [1.54, 1.807) is 23.2 Å². The van der Waals surface area contributed by atoms with Crippen LogP contribution in [0.4, 0.5) is 14.9 Å². The third-order valence-electron chi connectivity index (χ3n) is 5.55. The third kappa shape index (κ3) is 3.31. The van der Waals surface area contributed by atoms with Gasteiger partial charge in [0.25, 0.3) is 0 Å². The Morgan fingerprint density at radius 3 is 2.65 bits per heavy atom. The number of ether oxygens (including phenoxy) is 1. The summed E-state index contributed by atoms with van der Waals surface area (Å²) >= 11 is 0. The largest absolute Gasteiger partial charge is 0.441 e. The van der Waals surface area contributed by atoms with Crippen LogP contribution in [0.5, 0.6) is 0 Å². The number of hydrogen-bond donors (Lipinski definition) is 1. The Balaban J connectivity index is 1.39. The zero-order valence-electron chi connectivity index (χ0n) is 14.8. The van der Waals surface area contributed by atoms with Crippen LogP contribution in [-0.2, 0) is 11.3 Å². The van der Waals surface area contributed by atoms with Crippen LogP contribution in [0.1, 0.15) is 25.5 Å². The summed E-state index contributed by atoms with van der Waals surface area (Å²) < 4.78 is 18.9. The van der Waals surface area contributed by atoms with Gasteiger partial charge < -0.3 is 4.74 Å². The lowest BCUT2D eigenvalue weighted by atomic mass is 9.81. The number of carbonyl (C=O) groups excluding carboxylic acids is 1. The molecule has 2 aromatic rings. The van der Waals surface area contributed by atoms with Crippen molar-refractivity contribution in [1.82, 2.24) is 15.1 Å². The maximum atomic E-state index is 13.1. The molecular formula is C19H23FN4O2. The maximum absolute atomic E-state index is 13.1. The van der Waals surface area contributed by atoms with Gasteiger partial charge in [0.05, 0.1) is 6.54 Å². The number of aromatic amines is 1. The number of H-pyrrole nitrogens is 1.